The highest BCUT2D eigenvalue weighted by Gasteiger charge is 2.19. The summed E-state index contributed by atoms with van der Waals surface area (Å²) < 4.78 is 58.3. The maximum absolute atomic E-state index is 14.6. The zero-order chi connectivity index (χ0) is 27.1. The fourth-order valence-corrected chi connectivity index (χ4v) is 3.41. The molecule has 4 aromatic rings. The summed E-state index contributed by atoms with van der Waals surface area (Å²) in [5, 5.41) is 0. The summed E-state index contributed by atoms with van der Waals surface area (Å²) in [7, 11) is 0. The zero-order valence-corrected chi connectivity index (χ0v) is 20.7. The summed E-state index contributed by atoms with van der Waals surface area (Å²) in [4.78, 5) is 0. The van der Waals surface area contributed by atoms with Gasteiger partial charge in [-0.3, -0.25) is 0 Å². The van der Waals surface area contributed by atoms with Crippen molar-refractivity contribution in [1.82, 2.24) is 0 Å². The van der Waals surface area contributed by atoms with Crippen molar-refractivity contribution in [2.45, 2.75) is 13.8 Å². The molecule has 186 valence electrons. The normalized spacial score (nSPS) is 11.8. The Hall–Kier alpha value is -4.80. The van der Waals surface area contributed by atoms with Crippen molar-refractivity contribution >= 4 is 11.7 Å². The molecule has 0 amide bonds. The van der Waals surface area contributed by atoms with E-state index in [9.17, 15) is 17.6 Å². The molecule has 0 bridgehead atoms. The monoisotopic (exact) mass is 506 g/mol. The van der Waals surface area contributed by atoms with E-state index in [0.29, 0.717) is 11.1 Å². The van der Waals surface area contributed by atoms with Crippen LogP contribution in [-0.2, 0) is 0 Å². The van der Waals surface area contributed by atoms with Gasteiger partial charge in [0.1, 0.15) is 0 Å². The number of halogens is 4. The summed E-state index contributed by atoms with van der Waals surface area (Å²) in [5.74, 6) is 4.98. The van der Waals surface area contributed by atoms with Crippen molar-refractivity contribution < 1.29 is 17.6 Å². The number of aryl methyl sites for hydroxylation is 2. The molecular formula is C34H22F4. The van der Waals surface area contributed by atoms with Gasteiger partial charge in [-0.15, -0.1) is 0 Å². The highest BCUT2D eigenvalue weighted by atomic mass is 19.2. The number of allylic oxidation sites excluding steroid dienone is 2. The molecule has 38 heavy (non-hydrogen) atoms. The second-order valence-corrected chi connectivity index (χ2v) is 8.64. The molecule has 0 nitrogen and oxygen atoms in total. The number of hydrogen-bond acceptors (Lipinski definition) is 0. The molecule has 0 saturated carbocycles. The minimum absolute atomic E-state index is 0.229. The van der Waals surface area contributed by atoms with Crippen LogP contribution in [0, 0.1) is 37.5 Å². The molecule has 4 heteroatoms. The lowest BCUT2D eigenvalue weighted by Crippen LogP contribution is -1.89. The van der Waals surface area contributed by atoms with Crippen LogP contribution in [0.15, 0.2) is 109 Å². The van der Waals surface area contributed by atoms with Gasteiger partial charge in [-0.05, 0) is 62.4 Å². The lowest BCUT2D eigenvalue weighted by Gasteiger charge is -2.03. The molecule has 0 fully saturated rings. The Morgan fingerprint density at radius 1 is 0.395 bits per heavy atom. The van der Waals surface area contributed by atoms with Crippen molar-refractivity contribution in [3.05, 3.63) is 153 Å². The van der Waals surface area contributed by atoms with Crippen LogP contribution in [0.5, 0.6) is 0 Å². The lowest BCUT2D eigenvalue weighted by molar-refractivity contribution is 0.519. The molecular weight excluding hydrogens is 484 g/mol. The van der Waals surface area contributed by atoms with E-state index in [1.54, 1.807) is 0 Å². The highest BCUT2D eigenvalue weighted by molar-refractivity contribution is 5.72. The molecule has 0 unspecified atom stereocenters. The SMILES string of the molecule is Cc1ccc(C#Cc2ccc(/C(F)=C(F)/C(F)=C(\F)c3ccc(C#Cc4ccc(C)cc4)cc3)cc2)cc1. The van der Waals surface area contributed by atoms with E-state index in [2.05, 4.69) is 23.7 Å². The van der Waals surface area contributed by atoms with Crippen LogP contribution < -0.4 is 0 Å². The van der Waals surface area contributed by atoms with Crippen LogP contribution in [0.3, 0.4) is 0 Å². The minimum Gasteiger partial charge on any atom is -0.203 e. The van der Waals surface area contributed by atoms with E-state index < -0.39 is 23.3 Å². The number of benzene rings is 4. The van der Waals surface area contributed by atoms with Gasteiger partial charge in [0.25, 0.3) is 0 Å². The molecule has 0 spiro atoms. The van der Waals surface area contributed by atoms with Crippen molar-refractivity contribution in [2.24, 2.45) is 0 Å². The van der Waals surface area contributed by atoms with Gasteiger partial charge in [-0.2, -0.15) is 0 Å². The van der Waals surface area contributed by atoms with Crippen LogP contribution in [-0.4, -0.2) is 0 Å². The quantitative estimate of drug-likeness (QED) is 0.148. The van der Waals surface area contributed by atoms with Gasteiger partial charge in [0.15, 0.2) is 23.3 Å². The highest BCUT2D eigenvalue weighted by Crippen LogP contribution is 2.33. The predicted molar refractivity (Wildman–Crippen MR) is 145 cm³/mol. The molecule has 0 heterocycles. The zero-order valence-electron chi connectivity index (χ0n) is 20.7. The van der Waals surface area contributed by atoms with E-state index in [1.165, 1.54) is 48.5 Å². The Morgan fingerprint density at radius 2 is 0.632 bits per heavy atom. The molecule has 0 aromatic heterocycles. The standard InChI is InChI=1S/C34H22F4/c1-23-3-7-25(8-4-23)11-13-27-15-19-29(20-16-27)31(35)33(37)34(38)32(36)30-21-17-28(18-22-30)14-12-26-9-5-24(2)6-10-26/h3-10,15-22H,1-2H3/b33-31+,34-32+. The van der Waals surface area contributed by atoms with Crippen LogP contribution in [0.1, 0.15) is 44.5 Å². The number of hydrogen-bond donors (Lipinski definition) is 0. The first-order valence-electron chi connectivity index (χ1n) is 11.8. The molecule has 4 aromatic carbocycles. The lowest BCUT2D eigenvalue weighted by atomic mass is 10.1. The Labute approximate surface area is 220 Å². The summed E-state index contributed by atoms with van der Waals surface area (Å²) in [6.07, 6.45) is 0. The average Bonchev–Trinajstić information content (AvgIpc) is 2.95. The summed E-state index contributed by atoms with van der Waals surface area (Å²) in [6, 6.07) is 26.3. The fourth-order valence-electron chi connectivity index (χ4n) is 3.41. The third-order valence-corrected chi connectivity index (χ3v) is 5.66. The van der Waals surface area contributed by atoms with Crippen molar-refractivity contribution in [2.75, 3.05) is 0 Å². The van der Waals surface area contributed by atoms with Crippen molar-refractivity contribution in [3.63, 3.8) is 0 Å². The smallest absolute Gasteiger partial charge is 0.198 e. The van der Waals surface area contributed by atoms with Gasteiger partial charge in [-0.1, -0.05) is 83.3 Å². The maximum atomic E-state index is 14.6. The Balaban J connectivity index is 1.50. The van der Waals surface area contributed by atoms with Gasteiger partial charge in [0.2, 0.25) is 0 Å². The average molecular weight is 507 g/mol. The van der Waals surface area contributed by atoms with Crippen LogP contribution >= 0.6 is 0 Å². The second kappa shape index (κ2) is 12.0. The third-order valence-electron chi connectivity index (χ3n) is 5.66. The molecule has 0 aliphatic carbocycles. The maximum Gasteiger partial charge on any atom is 0.198 e. The largest absolute Gasteiger partial charge is 0.203 e. The molecule has 4 rings (SSSR count). The molecule has 0 aliphatic heterocycles. The van der Waals surface area contributed by atoms with E-state index >= 15 is 0 Å². The van der Waals surface area contributed by atoms with E-state index in [0.717, 1.165) is 22.3 Å². The Kier molecular flexibility index (Phi) is 8.27. The van der Waals surface area contributed by atoms with Gasteiger partial charge in [0.05, 0.1) is 0 Å². The van der Waals surface area contributed by atoms with Crippen molar-refractivity contribution in [1.29, 1.82) is 0 Å². The molecule has 0 atom stereocenters. The van der Waals surface area contributed by atoms with Gasteiger partial charge >= 0.3 is 0 Å². The second-order valence-electron chi connectivity index (χ2n) is 8.64. The first-order valence-corrected chi connectivity index (χ1v) is 11.8. The topological polar surface area (TPSA) is 0 Å². The van der Waals surface area contributed by atoms with Crippen LogP contribution in [0.2, 0.25) is 0 Å². The number of rotatable bonds is 3. The van der Waals surface area contributed by atoms with Crippen molar-refractivity contribution in [3.8, 4) is 23.7 Å². The van der Waals surface area contributed by atoms with E-state index in [4.69, 9.17) is 0 Å². The molecule has 0 saturated heterocycles. The minimum atomic E-state index is -1.91. The Bertz CT molecular complexity index is 1490. The summed E-state index contributed by atoms with van der Waals surface area (Å²) in [6.45, 7) is 3.95. The van der Waals surface area contributed by atoms with Crippen LogP contribution in [0.4, 0.5) is 17.6 Å². The summed E-state index contributed by atoms with van der Waals surface area (Å²) >= 11 is 0. The first kappa shape index (κ1) is 26.3. The van der Waals surface area contributed by atoms with Crippen LogP contribution in [0.25, 0.3) is 11.7 Å². The summed E-state index contributed by atoms with van der Waals surface area (Å²) in [5.41, 5.74) is 4.52. The molecule has 0 radical (unpaired) electrons. The van der Waals surface area contributed by atoms with E-state index in [1.807, 2.05) is 62.4 Å². The van der Waals surface area contributed by atoms with E-state index in [-0.39, 0.29) is 11.1 Å². The van der Waals surface area contributed by atoms with Gasteiger partial charge in [-0.25, -0.2) is 17.6 Å². The fraction of sp³-hybridized carbons (Fsp3) is 0.0588. The van der Waals surface area contributed by atoms with Gasteiger partial charge in [0, 0.05) is 33.4 Å². The van der Waals surface area contributed by atoms with Gasteiger partial charge < -0.3 is 0 Å². The first-order chi connectivity index (χ1) is 18.3. The molecule has 0 N–H and O–H groups in total. The predicted octanol–water partition coefficient (Wildman–Crippen LogP) is 9.02. The molecule has 0 aliphatic rings. The third kappa shape index (κ3) is 6.69. The Morgan fingerprint density at radius 3 is 0.895 bits per heavy atom.